The molecular formula is C17H23NO2. The molecule has 0 aliphatic rings. The van der Waals surface area contributed by atoms with Gasteiger partial charge in [-0.3, -0.25) is 0 Å². The molecule has 3 nitrogen and oxygen atoms in total. The lowest BCUT2D eigenvalue weighted by atomic mass is 10.0. The van der Waals surface area contributed by atoms with Crippen LogP contribution >= 0.6 is 0 Å². The molecule has 0 aliphatic heterocycles. The van der Waals surface area contributed by atoms with Gasteiger partial charge in [0.25, 0.3) is 0 Å². The van der Waals surface area contributed by atoms with Gasteiger partial charge in [0.1, 0.15) is 0 Å². The SMILES string of the molecule is CCCCn1cc(CC)c2cc(C(=O)O)cc(CC)c21. The number of carbonyl (C=O) groups is 1. The van der Waals surface area contributed by atoms with Crippen molar-refractivity contribution in [2.75, 3.05) is 0 Å². The monoisotopic (exact) mass is 273 g/mol. The molecule has 2 aromatic rings. The van der Waals surface area contributed by atoms with Crippen LogP contribution in [0.5, 0.6) is 0 Å². The van der Waals surface area contributed by atoms with Crippen molar-refractivity contribution in [2.45, 2.75) is 53.0 Å². The standard InChI is InChI=1S/C17H23NO2/c1-4-7-8-18-11-13(6-3)15-10-14(17(19)20)9-12(5-2)16(15)18/h9-11H,4-8H2,1-3H3,(H,19,20). The predicted molar refractivity (Wildman–Crippen MR) is 82.6 cm³/mol. The minimum absolute atomic E-state index is 0.400. The van der Waals surface area contributed by atoms with Crippen molar-refractivity contribution in [2.24, 2.45) is 0 Å². The highest BCUT2D eigenvalue weighted by Crippen LogP contribution is 2.28. The number of carboxylic acids is 1. The molecule has 20 heavy (non-hydrogen) atoms. The van der Waals surface area contributed by atoms with Crippen LogP contribution in [0.3, 0.4) is 0 Å². The van der Waals surface area contributed by atoms with E-state index in [9.17, 15) is 9.90 Å². The first-order valence-corrected chi connectivity index (χ1v) is 7.50. The van der Waals surface area contributed by atoms with E-state index in [1.54, 1.807) is 0 Å². The van der Waals surface area contributed by atoms with Crippen molar-refractivity contribution >= 4 is 16.9 Å². The second-order valence-electron chi connectivity index (χ2n) is 5.25. The zero-order valence-corrected chi connectivity index (χ0v) is 12.6. The van der Waals surface area contributed by atoms with Gasteiger partial charge < -0.3 is 9.67 Å². The van der Waals surface area contributed by atoms with E-state index in [-0.39, 0.29) is 0 Å². The van der Waals surface area contributed by atoms with Crippen LogP contribution in [0.1, 0.15) is 55.1 Å². The van der Waals surface area contributed by atoms with E-state index < -0.39 is 5.97 Å². The highest BCUT2D eigenvalue weighted by atomic mass is 16.4. The van der Waals surface area contributed by atoms with Gasteiger partial charge in [-0.1, -0.05) is 27.2 Å². The summed E-state index contributed by atoms with van der Waals surface area (Å²) in [7, 11) is 0. The van der Waals surface area contributed by atoms with Crippen molar-refractivity contribution in [3.8, 4) is 0 Å². The van der Waals surface area contributed by atoms with Gasteiger partial charge in [0.2, 0.25) is 0 Å². The van der Waals surface area contributed by atoms with E-state index in [4.69, 9.17) is 0 Å². The Morgan fingerprint density at radius 1 is 1.15 bits per heavy atom. The molecule has 3 heteroatoms. The number of aromatic carboxylic acids is 1. The van der Waals surface area contributed by atoms with Gasteiger partial charge in [0.15, 0.2) is 0 Å². The zero-order chi connectivity index (χ0) is 14.7. The van der Waals surface area contributed by atoms with Crippen LogP contribution in [0.15, 0.2) is 18.3 Å². The number of benzene rings is 1. The molecule has 0 aliphatic carbocycles. The van der Waals surface area contributed by atoms with Crippen LogP contribution in [0, 0.1) is 0 Å². The minimum Gasteiger partial charge on any atom is -0.478 e. The Balaban J connectivity index is 2.68. The number of rotatable bonds is 6. The molecule has 0 fully saturated rings. The average molecular weight is 273 g/mol. The number of hydrogen-bond acceptors (Lipinski definition) is 1. The lowest BCUT2D eigenvalue weighted by molar-refractivity contribution is 0.0697. The molecule has 0 amide bonds. The van der Waals surface area contributed by atoms with Crippen molar-refractivity contribution in [1.29, 1.82) is 0 Å². The molecule has 1 aromatic carbocycles. The smallest absolute Gasteiger partial charge is 0.335 e. The van der Waals surface area contributed by atoms with Crippen LogP contribution in [0.2, 0.25) is 0 Å². The van der Waals surface area contributed by atoms with Crippen molar-refractivity contribution in [1.82, 2.24) is 4.57 Å². The van der Waals surface area contributed by atoms with Gasteiger partial charge in [-0.05, 0) is 42.5 Å². The topological polar surface area (TPSA) is 42.2 Å². The molecule has 0 radical (unpaired) electrons. The average Bonchev–Trinajstić information content (AvgIpc) is 2.82. The van der Waals surface area contributed by atoms with Crippen LogP contribution in [-0.2, 0) is 19.4 Å². The van der Waals surface area contributed by atoms with Gasteiger partial charge in [0.05, 0.1) is 11.1 Å². The van der Waals surface area contributed by atoms with Crippen LogP contribution in [-0.4, -0.2) is 15.6 Å². The lowest BCUT2D eigenvalue weighted by Gasteiger charge is -2.09. The molecule has 0 saturated heterocycles. The van der Waals surface area contributed by atoms with Crippen LogP contribution in [0.4, 0.5) is 0 Å². The first-order chi connectivity index (χ1) is 9.62. The summed E-state index contributed by atoms with van der Waals surface area (Å²) >= 11 is 0. The van der Waals surface area contributed by atoms with Gasteiger partial charge >= 0.3 is 5.97 Å². The minimum atomic E-state index is -0.843. The number of aryl methyl sites for hydroxylation is 3. The second-order valence-corrected chi connectivity index (χ2v) is 5.25. The van der Waals surface area contributed by atoms with E-state index in [2.05, 4.69) is 31.5 Å². The molecule has 0 spiro atoms. The molecule has 108 valence electrons. The van der Waals surface area contributed by atoms with E-state index >= 15 is 0 Å². The Kier molecular flexibility index (Phi) is 4.48. The van der Waals surface area contributed by atoms with E-state index in [0.717, 1.165) is 43.2 Å². The molecule has 1 aromatic heterocycles. The number of hydrogen-bond donors (Lipinski definition) is 1. The predicted octanol–water partition coefficient (Wildman–Crippen LogP) is 4.26. The zero-order valence-electron chi connectivity index (χ0n) is 12.6. The quantitative estimate of drug-likeness (QED) is 0.854. The molecule has 1 N–H and O–H groups in total. The largest absolute Gasteiger partial charge is 0.478 e. The summed E-state index contributed by atoms with van der Waals surface area (Å²) in [6, 6.07) is 3.66. The maximum Gasteiger partial charge on any atom is 0.335 e. The maximum atomic E-state index is 11.3. The van der Waals surface area contributed by atoms with Gasteiger partial charge in [-0.15, -0.1) is 0 Å². The molecule has 0 saturated carbocycles. The number of aromatic nitrogens is 1. The van der Waals surface area contributed by atoms with Crippen LogP contribution < -0.4 is 0 Å². The summed E-state index contributed by atoms with van der Waals surface area (Å²) in [6.07, 6.45) is 6.30. The summed E-state index contributed by atoms with van der Waals surface area (Å²) < 4.78 is 2.31. The van der Waals surface area contributed by atoms with E-state index in [0.29, 0.717) is 5.56 Å². The summed E-state index contributed by atoms with van der Waals surface area (Å²) in [5, 5.41) is 10.4. The van der Waals surface area contributed by atoms with Gasteiger partial charge in [-0.25, -0.2) is 4.79 Å². The Labute approximate surface area is 120 Å². The highest BCUT2D eigenvalue weighted by molar-refractivity contribution is 5.96. The third-order valence-electron chi connectivity index (χ3n) is 3.90. The van der Waals surface area contributed by atoms with Crippen molar-refractivity contribution in [3.05, 3.63) is 35.0 Å². The van der Waals surface area contributed by atoms with Gasteiger partial charge in [-0.2, -0.15) is 0 Å². The number of carboxylic acid groups (broad SMARTS) is 1. The molecule has 1 heterocycles. The third kappa shape index (κ3) is 2.58. The number of nitrogens with zero attached hydrogens (tertiary/aromatic N) is 1. The molecule has 0 atom stereocenters. The highest BCUT2D eigenvalue weighted by Gasteiger charge is 2.14. The number of fused-ring (bicyclic) bond motifs is 1. The first kappa shape index (κ1) is 14.6. The molecule has 0 unspecified atom stereocenters. The first-order valence-electron chi connectivity index (χ1n) is 7.50. The second kappa shape index (κ2) is 6.12. The lowest BCUT2D eigenvalue weighted by Crippen LogP contribution is -2.01. The molecule has 0 bridgehead atoms. The summed E-state index contributed by atoms with van der Waals surface area (Å²) in [4.78, 5) is 11.3. The summed E-state index contributed by atoms with van der Waals surface area (Å²) in [5.41, 5.74) is 4.00. The molecule has 2 rings (SSSR count). The third-order valence-corrected chi connectivity index (χ3v) is 3.90. The Hall–Kier alpha value is -1.77. The Morgan fingerprint density at radius 3 is 2.40 bits per heavy atom. The van der Waals surface area contributed by atoms with E-state index in [1.165, 1.54) is 11.1 Å². The van der Waals surface area contributed by atoms with E-state index in [1.807, 2.05) is 12.1 Å². The summed E-state index contributed by atoms with van der Waals surface area (Å²) in [6.45, 7) is 7.41. The van der Waals surface area contributed by atoms with Crippen molar-refractivity contribution < 1.29 is 9.90 Å². The molecular weight excluding hydrogens is 250 g/mol. The fourth-order valence-corrected chi connectivity index (χ4v) is 2.78. The Morgan fingerprint density at radius 2 is 1.85 bits per heavy atom. The Bertz CT molecular complexity index is 625. The summed E-state index contributed by atoms with van der Waals surface area (Å²) in [5.74, 6) is -0.843. The van der Waals surface area contributed by atoms with Crippen LogP contribution in [0.25, 0.3) is 10.9 Å². The fraction of sp³-hybridized carbons (Fsp3) is 0.471. The fourth-order valence-electron chi connectivity index (χ4n) is 2.78. The number of unbranched alkanes of at least 4 members (excludes halogenated alkanes) is 1. The van der Waals surface area contributed by atoms with Gasteiger partial charge in [0, 0.05) is 18.1 Å². The van der Waals surface area contributed by atoms with Crippen molar-refractivity contribution in [3.63, 3.8) is 0 Å². The maximum absolute atomic E-state index is 11.3. The normalized spacial score (nSPS) is 11.2.